The molecule has 3 heterocycles. The van der Waals surface area contributed by atoms with E-state index in [4.69, 9.17) is 0 Å². The number of nitrogens with one attached hydrogen (secondary N) is 1. The van der Waals surface area contributed by atoms with Crippen molar-refractivity contribution in [1.29, 1.82) is 0 Å². The van der Waals surface area contributed by atoms with E-state index in [0.29, 0.717) is 12.2 Å². The van der Waals surface area contributed by atoms with Gasteiger partial charge in [0.05, 0.1) is 6.54 Å². The Morgan fingerprint density at radius 2 is 2.09 bits per heavy atom. The van der Waals surface area contributed by atoms with E-state index in [0.717, 1.165) is 48.2 Å². The van der Waals surface area contributed by atoms with E-state index in [1.54, 1.807) is 6.20 Å². The van der Waals surface area contributed by atoms with Gasteiger partial charge in [-0.1, -0.05) is 24.3 Å². The van der Waals surface area contributed by atoms with Crippen LogP contribution >= 0.6 is 0 Å². The molecule has 0 saturated carbocycles. The van der Waals surface area contributed by atoms with Crippen molar-refractivity contribution >= 4 is 16.7 Å². The van der Waals surface area contributed by atoms with E-state index >= 15 is 0 Å². The van der Waals surface area contributed by atoms with Crippen molar-refractivity contribution in [2.24, 2.45) is 0 Å². The highest BCUT2D eigenvalue weighted by Crippen LogP contribution is 2.17. The molecule has 2 aromatic heterocycles. The van der Waals surface area contributed by atoms with Crippen LogP contribution in [0, 0.1) is 0 Å². The number of pyridine rings is 1. The first-order valence-corrected chi connectivity index (χ1v) is 7.86. The van der Waals surface area contributed by atoms with Crippen LogP contribution in [0.2, 0.25) is 0 Å². The maximum atomic E-state index is 12.5. The molecule has 0 spiro atoms. The Hall–Kier alpha value is -2.76. The number of fused-ring (bicyclic) bond motifs is 2. The zero-order chi connectivity index (χ0) is 15.6. The molecule has 4 rings (SSSR count). The molecule has 23 heavy (non-hydrogen) atoms. The van der Waals surface area contributed by atoms with E-state index in [-0.39, 0.29) is 5.91 Å². The maximum absolute atomic E-state index is 12.5. The summed E-state index contributed by atoms with van der Waals surface area (Å²) < 4.78 is 2.11. The number of benzene rings is 1. The second-order valence-corrected chi connectivity index (χ2v) is 5.70. The molecule has 1 aliphatic rings. The summed E-state index contributed by atoms with van der Waals surface area (Å²) in [5.41, 5.74) is 0.446. The van der Waals surface area contributed by atoms with Gasteiger partial charge in [-0.2, -0.15) is 0 Å². The Balaban J connectivity index is 1.55. The number of hydrogen-bond donors (Lipinski definition) is 1. The lowest BCUT2D eigenvalue weighted by Crippen LogP contribution is -2.26. The second-order valence-electron chi connectivity index (χ2n) is 5.70. The lowest BCUT2D eigenvalue weighted by atomic mass is 10.1. The van der Waals surface area contributed by atoms with Crippen LogP contribution in [0.25, 0.3) is 10.8 Å². The summed E-state index contributed by atoms with van der Waals surface area (Å²) in [6.07, 6.45) is 4.92. The van der Waals surface area contributed by atoms with Gasteiger partial charge in [-0.15, -0.1) is 10.2 Å². The molecule has 0 saturated heterocycles. The van der Waals surface area contributed by atoms with Gasteiger partial charge < -0.3 is 9.88 Å². The summed E-state index contributed by atoms with van der Waals surface area (Å²) in [6, 6.07) is 9.65. The van der Waals surface area contributed by atoms with Gasteiger partial charge in [-0.3, -0.25) is 9.78 Å². The molecular weight excluding hydrogens is 290 g/mol. The number of aromatic nitrogens is 4. The predicted molar refractivity (Wildman–Crippen MR) is 85.9 cm³/mol. The van der Waals surface area contributed by atoms with Crippen molar-refractivity contribution in [2.45, 2.75) is 32.4 Å². The minimum Gasteiger partial charge on any atom is -0.343 e. The minimum absolute atomic E-state index is 0.185. The summed E-state index contributed by atoms with van der Waals surface area (Å²) in [5.74, 6) is 1.65. The monoisotopic (exact) mass is 307 g/mol. The summed E-state index contributed by atoms with van der Waals surface area (Å²) in [4.78, 5) is 16.7. The van der Waals surface area contributed by atoms with Crippen LogP contribution in [-0.4, -0.2) is 25.7 Å². The van der Waals surface area contributed by atoms with Crippen molar-refractivity contribution in [1.82, 2.24) is 25.1 Å². The number of rotatable bonds is 3. The van der Waals surface area contributed by atoms with Gasteiger partial charge in [0.15, 0.2) is 5.82 Å². The Morgan fingerprint density at radius 1 is 1.17 bits per heavy atom. The molecule has 0 atom stereocenters. The van der Waals surface area contributed by atoms with E-state index in [9.17, 15) is 4.79 Å². The third kappa shape index (κ3) is 2.56. The van der Waals surface area contributed by atoms with E-state index in [1.807, 2.05) is 30.3 Å². The molecule has 1 aromatic carbocycles. The number of aryl methyl sites for hydroxylation is 1. The first-order chi connectivity index (χ1) is 11.3. The normalized spacial score (nSPS) is 13.7. The van der Waals surface area contributed by atoms with Crippen LogP contribution in [0.1, 0.15) is 35.0 Å². The van der Waals surface area contributed by atoms with E-state index < -0.39 is 0 Å². The third-order valence-corrected chi connectivity index (χ3v) is 4.23. The van der Waals surface area contributed by atoms with Gasteiger partial charge in [-0.25, -0.2) is 0 Å². The molecular formula is C17H17N5O. The van der Waals surface area contributed by atoms with Crippen LogP contribution in [0.5, 0.6) is 0 Å². The molecule has 0 aliphatic carbocycles. The van der Waals surface area contributed by atoms with Gasteiger partial charge in [-0.05, 0) is 24.3 Å². The fraction of sp³-hybridized carbons (Fsp3) is 0.294. The average molecular weight is 307 g/mol. The first kappa shape index (κ1) is 13.9. The Labute approximate surface area is 133 Å². The fourth-order valence-electron chi connectivity index (χ4n) is 3.04. The third-order valence-electron chi connectivity index (χ3n) is 4.23. The molecule has 1 N–H and O–H groups in total. The first-order valence-electron chi connectivity index (χ1n) is 7.86. The Bertz CT molecular complexity index is 865. The van der Waals surface area contributed by atoms with E-state index in [1.165, 1.54) is 0 Å². The SMILES string of the molecule is O=C(NCc1nnc2n1CCCC2)c1nccc2ccccc12. The lowest BCUT2D eigenvalue weighted by molar-refractivity contribution is 0.0946. The van der Waals surface area contributed by atoms with Crippen LogP contribution in [0.3, 0.4) is 0 Å². The molecule has 0 bridgehead atoms. The molecule has 1 aliphatic heterocycles. The topological polar surface area (TPSA) is 72.7 Å². The fourth-order valence-corrected chi connectivity index (χ4v) is 3.04. The van der Waals surface area contributed by atoms with Gasteiger partial charge >= 0.3 is 0 Å². The molecule has 6 nitrogen and oxygen atoms in total. The highest BCUT2D eigenvalue weighted by atomic mass is 16.1. The Morgan fingerprint density at radius 3 is 3.04 bits per heavy atom. The summed E-state index contributed by atoms with van der Waals surface area (Å²) >= 11 is 0. The van der Waals surface area contributed by atoms with Crippen molar-refractivity contribution in [3.63, 3.8) is 0 Å². The number of carbonyl (C=O) groups excluding carboxylic acids is 1. The predicted octanol–water partition coefficient (Wildman–Crippen LogP) is 2.09. The van der Waals surface area contributed by atoms with E-state index in [2.05, 4.69) is 25.1 Å². The van der Waals surface area contributed by atoms with Gasteiger partial charge in [0.1, 0.15) is 11.5 Å². The highest BCUT2D eigenvalue weighted by Gasteiger charge is 2.17. The smallest absolute Gasteiger partial charge is 0.270 e. The molecule has 0 fully saturated rings. The number of carbonyl (C=O) groups is 1. The van der Waals surface area contributed by atoms with Crippen molar-refractivity contribution < 1.29 is 4.79 Å². The van der Waals surface area contributed by atoms with Gasteiger partial charge in [0, 0.05) is 24.5 Å². The van der Waals surface area contributed by atoms with Crippen molar-refractivity contribution in [3.05, 3.63) is 53.9 Å². The second kappa shape index (κ2) is 5.79. The Kier molecular flexibility index (Phi) is 3.49. The average Bonchev–Trinajstić information content (AvgIpc) is 3.02. The summed E-state index contributed by atoms with van der Waals surface area (Å²) in [7, 11) is 0. The zero-order valence-electron chi connectivity index (χ0n) is 12.7. The number of nitrogens with zero attached hydrogens (tertiary/aromatic N) is 4. The number of amides is 1. The van der Waals surface area contributed by atoms with Gasteiger partial charge in [0.2, 0.25) is 0 Å². The number of hydrogen-bond acceptors (Lipinski definition) is 4. The zero-order valence-corrected chi connectivity index (χ0v) is 12.7. The highest BCUT2D eigenvalue weighted by molar-refractivity contribution is 6.05. The van der Waals surface area contributed by atoms with Crippen LogP contribution in [-0.2, 0) is 19.5 Å². The molecule has 0 unspecified atom stereocenters. The maximum Gasteiger partial charge on any atom is 0.270 e. The standard InChI is InChI=1S/C17H17N5O/c23-17(16-13-6-2-1-5-12(13)8-9-18-16)19-11-15-21-20-14-7-3-4-10-22(14)15/h1-2,5-6,8-9H,3-4,7,10-11H2,(H,19,23). The molecule has 1 amide bonds. The van der Waals surface area contributed by atoms with Crippen molar-refractivity contribution in [3.8, 4) is 0 Å². The van der Waals surface area contributed by atoms with Crippen LogP contribution in [0.4, 0.5) is 0 Å². The molecule has 6 heteroatoms. The van der Waals surface area contributed by atoms with Crippen molar-refractivity contribution in [2.75, 3.05) is 0 Å². The minimum atomic E-state index is -0.185. The summed E-state index contributed by atoms with van der Waals surface area (Å²) in [5, 5.41) is 13.2. The molecule has 3 aromatic rings. The van der Waals surface area contributed by atoms with Crippen LogP contribution < -0.4 is 5.32 Å². The largest absolute Gasteiger partial charge is 0.343 e. The lowest BCUT2D eigenvalue weighted by Gasteiger charge is -2.14. The van der Waals surface area contributed by atoms with Crippen LogP contribution in [0.15, 0.2) is 36.5 Å². The summed E-state index contributed by atoms with van der Waals surface area (Å²) in [6.45, 7) is 1.30. The molecule has 116 valence electrons. The van der Waals surface area contributed by atoms with Gasteiger partial charge in [0.25, 0.3) is 5.91 Å². The molecule has 0 radical (unpaired) electrons. The quantitative estimate of drug-likeness (QED) is 0.804.